The van der Waals surface area contributed by atoms with Gasteiger partial charge < -0.3 is 5.73 Å². The van der Waals surface area contributed by atoms with Crippen LogP contribution in [0.5, 0.6) is 0 Å². The van der Waals surface area contributed by atoms with Crippen molar-refractivity contribution in [2.75, 3.05) is 0 Å². The van der Waals surface area contributed by atoms with E-state index in [0.717, 1.165) is 11.8 Å². The lowest BCUT2D eigenvalue weighted by molar-refractivity contribution is 0.259. The van der Waals surface area contributed by atoms with E-state index in [0.29, 0.717) is 6.04 Å². The van der Waals surface area contributed by atoms with E-state index in [2.05, 4.69) is 24.3 Å². The van der Waals surface area contributed by atoms with E-state index in [4.69, 9.17) is 5.73 Å². The number of fused-ring (bicyclic) bond motifs is 4. The number of hydrogen-bond acceptors (Lipinski definition) is 1. The first-order valence-corrected chi connectivity index (χ1v) is 5.68. The summed E-state index contributed by atoms with van der Waals surface area (Å²) in [5.41, 5.74) is 9.31. The molecule has 1 nitrogen and oxygen atoms in total. The molecule has 74 valence electrons. The van der Waals surface area contributed by atoms with Crippen LogP contribution in [0.15, 0.2) is 24.3 Å². The van der Waals surface area contributed by atoms with Crippen molar-refractivity contribution in [3.05, 3.63) is 35.4 Å². The van der Waals surface area contributed by atoms with Gasteiger partial charge in [0.15, 0.2) is 0 Å². The van der Waals surface area contributed by atoms with Gasteiger partial charge in [-0.05, 0) is 48.6 Å². The highest BCUT2D eigenvalue weighted by molar-refractivity contribution is 5.34. The summed E-state index contributed by atoms with van der Waals surface area (Å²) in [5, 5.41) is 0. The Hall–Kier alpha value is -0.820. The minimum Gasteiger partial charge on any atom is -0.327 e. The van der Waals surface area contributed by atoms with Gasteiger partial charge in [-0.2, -0.15) is 0 Å². The molecule has 14 heavy (non-hydrogen) atoms. The van der Waals surface area contributed by atoms with E-state index in [1.54, 1.807) is 11.1 Å². The molecule has 3 rings (SSSR count). The van der Waals surface area contributed by atoms with Crippen molar-refractivity contribution < 1.29 is 0 Å². The van der Waals surface area contributed by atoms with Crippen molar-refractivity contribution >= 4 is 0 Å². The quantitative estimate of drug-likeness (QED) is 0.663. The Morgan fingerprint density at radius 1 is 1.14 bits per heavy atom. The second-order valence-electron chi connectivity index (χ2n) is 4.84. The van der Waals surface area contributed by atoms with Crippen LogP contribution in [0.4, 0.5) is 0 Å². The molecule has 0 aromatic heterocycles. The summed E-state index contributed by atoms with van der Waals surface area (Å²) in [6.07, 6.45) is 5.07. The molecule has 1 heteroatoms. The molecule has 0 saturated heterocycles. The molecule has 1 fully saturated rings. The van der Waals surface area contributed by atoms with E-state index < -0.39 is 0 Å². The Bertz CT molecular complexity index is 345. The van der Waals surface area contributed by atoms with Crippen molar-refractivity contribution in [1.82, 2.24) is 0 Å². The molecule has 2 aliphatic rings. The minimum atomic E-state index is 0.458. The van der Waals surface area contributed by atoms with Crippen LogP contribution in [0.25, 0.3) is 0 Å². The maximum absolute atomic E-state index is 6.14. The smallest absolute Gasteiger partial charge is 0.00707 e. The lowest BCUT2D eigenvalue weighted by Gasteiger charge is -2.39. The van der Waals surface area contributed by atoms with Gasteiger partial charge in [-0.3, -0.25) is 0 Å². The van der Waals surface area contributed by atoms with Crippen LogP contribution in [-0.2, 0) is 6.42 Å². The minimum absolute atomic E-state index is 0.458. The molecule has 1 saturated carbocycles. The third-order valence-corrected chi connectivity index (χ3v) is 4.02. The van der Waals surface area contributed by atoms with Crippen LogP contribution in [0, 0.1) is 5.92 Å². The Balaban J connectivity index is 2.02. The molecule has 0 heterocycles. The fourth-order valence-corrected chi connectivity index (χ4v) is 3.21. The predicted octanol–water partition coefficient (Wildman–Crippen LogP) is 2.45. The molecule has 0 radical (unpaired) electrons. The summed E-state index contributed by atoms with van der Waals surface area (Å²) in [6.45, 7) is 0. The summed E-state index contributed by atoms with van der Waals surface area (Å²) in [6, 6.07) is 9.39. The van der Waals surface area contributed by atoms with Crippen LogP contribution >= 0.6 is 0 Å². The maximum Gasteiger partial charge on any atom is 0.00707 e. The van der Waals surface area contributed by atoms with Gasteiger partial charge in [0, 0.05) is 6.04 Å². The Morgan fingerprint density at radius 3 is 2.93 bits per heavy atom. The molecule has 2 bridgehead atoms. The molecular formula is C13H17N. The molecular weight excluding hydrogens is 170 g/mol. The zero-order valence-electron chi connectivity index (χ0n) is 8.45. The lowest BCUT2D eigenvalue weighted by atomic mass is 9.67. The van der Waals surface area contributed by atoms with Crippen molar-refractivity contribution in [1.29, 1.82) is 0 Å². The van der Waals surface area contributed by atoms with Gasteiger partial charge in [-0.25, -0.2) is 0 Å². The van der Waals surface area contributed by atoms with E-state index in [-0.39, 0.29) is 0 Å². The third-order valence-electron chi connectivity index (χ3n) is 4.02. The van der Waals surface area contributed by atoms with E-state index >= 15 is 0 Å². The highest BCUT2D eigenvalue weighted by atomic mass is 14.7. The first-order valence-electron chi connectivity index (χ1n) is 5.68. The van der Waals surface area contributed by atoms with Crippen LogP contribution in [0.3, 0.4) is 0 Å². The van der Waals surface area contributed by atoms with Gasteiger partial charge in [0.2, 0.25) is 0 Å². The maximum atomic E-state index is 6.14. The van der Waals surface area contributed by atoms with Gasteiger partial charge in [0.05, 0.1) is 0 Å². The third kappa shape index (κ3) is 1.19. The first-order chi connectivity index (χ1) is 6.84. The summed E-state index contributed by atoms with van der Waals surface area (Å²) in [4.78, 5) is 0. The van der Waals surface area contributed by atoms with Gasteiger partial charge in [-0.15, -0.1) is 0 Å². The molecule has 1 aromatic rings. The summed E-state index contributed by atoms with van der Waals surface area (Å²) in [5.74, 6) is 1.56. The van der Waals surface area contributed by atoms with Crippen molar-refractivity contribution in [2.24, 2.45) is 11.7 Å². The van der Waals surface area contributed by atoms with Crippen molar-refractivity contribution in [2.45, 2.75) is 37.6 Å². The van der Waals surface area contributed by atoms with Gasteiger partial charge >= 0.3 is 0 Å². The Labute approximate surface area is 85.3 Å². The summed E-state index contributed by atoms with van der Waals surface area (Å²) >= 11 is 0. The van der Waals surface area contributed by atoms with E-state index in [1.165, 1.54) is 25.7 Å². The zero-order chi connectivity index (χ0) is 9.54. The van der Waals surface area contributed by atoms with E-state index in [1.807, 2.05) is 0 Å². The first kappa shape index (κ1) is 8.49. The van der Waals surface area contributed by atoms with Crippen LogP contribution in [-0.4, -0.2) is 6.04 Å². The normalized spacial score (nSPS) is 35.1. The number of nitrogens with two attached hydrogens (primary N) is 1. The highest BCUT2D eigenvalue weighted by Crippen LogP contribution is 2.43. The molecule has 0 spiro atoms. The van der Waals surface area contributed by atoms with Crippen molar-refractivity contribution in [3.8, 4) is 0 Å². The second-order valence-corrected chi connectivity index (χ2v) is 4.84. The average molecular weight is 187 g/mol. The second kappa shape index (κ2) is 3.09. The monoisotopic (exact) mass is 187 g/mol. The summed E-state index contributed by atoms with van der Waals surface area (Å²) in [7, 11) is 0. The standard InChI is InChI=1S/C13H17N/c14-13-6-5-10-8-11(13)7-9-3-1-2-4-12(9)10/h1-4,10-11,13H,5-8,14H2/t10-,11-,13-/m1/s1. The van der Waals surface area contributed by atoms with Gasteiger partial charge in [0.1, 0.15) is 0 Å². The molecule has 2 aliphatic carbocycles. The van der Waals surface area contributed by atoms with Crippen LogP contribution in [0.2, 0.25) is 0 Å². The Kier molecular flexibility index (Phi) is 1.88. The lowest BCUT2D eigenvalue weighted by Crippen LogP contribution is -2.39. The molecule has 0 amide bonds. The fraction of sp³-hybridized carbons (Fsp3) is 0.538. The topological polar surface area (TPSA) is 26.0 Å². The largest absolute Gasteiger partial charge is 0.327 e. The average Bonchev–Trinajstić information content (AvgIpc) is 2.24. The molecule has 0 aliphatic heterocycles. The Morgan fingerprint density at radius 2 is 2.00 bits per heavy atom. The molecule has 3 atom stereocenters. The van der Waals surface area contributed by atoms with Gasteiger partial charge in [0.25, 0.3) is 0 Å². The predicted molar refractivity (Wildman–Crippen MR) is 58.2 cm³/mol. The zero-order valence-corrected chi connectivity index (χ0v) is 8.45. The van der Waals surface area contributed by atoms with Crippen LogP contribution in [0.1, 0.15) is 36.3 Å². The highest BCUT2D eigenvalue weighted by Gasteiger charge is 2.34. The molecule has 0 unspecified atom stereocenters. The fourth-order valence-electron chi connectivity index (χ4n) is 3.21. The number of benzene rings is 1. The summed E-state index contributed by atoms with van der Waals surface area (Å²) < 4.78 is 0. The van der Waals surface area contributed by atoms with Crippen LogP contribution < -0.4 is 5.73 Å². The number of rotatable bonds is 0. The molecule has 2 N–H and O–H groups in total. The molecule has 1 aromatic carbocycles. The van der Waals surface area contributed by atoms with Gasteiger partial charge in [-0.1, -0.05) is 24.3 Å². The SMILES string of the molecule is N[C@@H]1CC[C@@H]2C[C@H]1Cc1ccccc12. The van der Waals surface area contributed by atoms with E-state index in [9.17, 15) is 0 Å². The number of hydrogen-bond donors (Lipinski definition) is 1. The van der Waals surface area contributed by atoms with Crippen molar-refractivity contribution in [3.63, 3.8) is 0 Å².